The van der Waals surface area contributed by atoms with E-state index in [1.807, 2.05) is 42.5 Å². The molecule has 0 radical (unpaired) electrons. The minimum Gasteiger partial charge on any atom is -0.293 e. The Morgan fingerprint density at radius 3 is 2.23 bits per heavy atom. The third-order valence-electron chi connectivity index (χ3n) is 4.17. The zero-order valence-electron chi connectivity index (χ0n) is 15.4. The standard InChI is InChI=1S/C24H22OS/c1-24(2,3)20-12-9-18(10-13-20)11-14-21-15-16-23(26-21)22(25)17-19-7-5-4-6-8-19/h4-10,12-13,15-16H,17H2,1-3H3. The van der Waals surface area contributed by atoms with Gasteiger partial charge in [0.25, 0.3) is 0 Å². The van der Waals surface area contributed by atoms with Crippen LogP contribution in [0.4, 0.5) is 0 Å². The molecule has 1 nitrogen and oxygen atoms in total. The Balaban J connectivity index is 1.69. The number of hydrogen-bond acceptors (Lipinski definition) is 2. The van der Waals surface area contributed by atoms with Crippen LogP contribution in [0.15, 0.2) is 66.7 Å². The van der Waals surface area contributed by atoms with Crippen LogP contribution in [0.2, 0.25) is 0 Å². The Labute approximate surface area is 159 Å². The highest BCUT2D eigenvalue weighted by Gasteiger charge is 2.12. The minimum atomic E-state index is 0.142. The van der Waals surface area contributed by atoms with Crippen molar-refractivity contribution in [1.29, 1.82) is 0 Å². The summed E-state index contributed by atoms with van der Waals surface area (Å²) in [6.45, 7) is 6.61. The molecule has 26 heavy (non-hydrogen) atoms. The molecule has 0 atom stereocenters. The maximum absolute atomic E-state index is 12.4. The van der Waals surface area contributed by atoms with Crippen molar-refractivity contribution in [2.24, 2.45) is 0 Å². The summed E-state index contributed by atoms with van der Waals surface area (Å²) in [6.07, 6.45) is 0.433. The Hall–Kier alpha value is -2.63. The quantitative estimate of drug-likeness (QED) is 0.423. The van der Waals surface area contributed by atoms with Crippen molar-refractivity contribution in [2.45, 2.75) is 32.6 Å². The van der Waals surface area contributed by atoms with Crippen LogP contribution in [0.5, 0.6) is 0 Å². The van der Waals surface area contributed by atoms with Gasteiger partial charge in [0, 0.05) is 12.0 Å². The highest BCUT2D eigenvalue weighted by Crippen LogP contribution is 2.22. The Bertz CT molecular complexity index is 945. The molecule has 1 heterocycles. The number of rotatable bonds is 3. The smallest absolute Gasteiger partial charge is 0.177 e. The molecule has 0 N–H and O–H groups in total. The second kappa shape index (κ2) is 7.72. The Kier molecular flexibility index (Phi) is 5.40. The van der Waals surface area contributed by atoms with Crippen molar-refractivity contribution in [2.75, 3.05) is 0 Å². The van der Waals surface area contributed by atoms with Crippen LogP contribution in [-0.2, 0) is 11.8 Å². The largest absolute Gasteiger partial charge is 0.293 e. The predicted octanol–water partition coefficient (Wildman–Crippen LogP) is 5.87. The number of carbonyl (C=O) groups is 1. The maximum atomic E-state index is 12.4. The first-order valence-electron chi connectivity index (χ1n) is 8.71. The molecule has 0 saturated carbocycles. The van der Waals surface area contributed by atoms with Gasteiger partial charge >= 0.3 is 0 Å². The van der Waals surface area contributed by atoms with Gasteiger partial charge in [0.2, 0.25) is 0 Å². The molecule has 0 aliphatic carbocycles. The van der Waals surface area contributed by atoms with Gasteiger partial charge < -0.3 is 0 Å². The number of ketones is 1. The van der Waals surface area contributed by atoms with Gasteiger partial charge in [-0.15, -0.1) is 11.3 Å². The first-order valence-corrected chi connectivity index (χ1v) is 9.53. The fourth-order valence-corrected chi connectivity index (χ4v) is 3.41. The van der Waals surface area contributed by atoms with Crippen LogP contribution in [-0.4, -0.2) is 5.78 Å². The van der Waals surface area contributed by atoms with E-state index in [0.717, 1.165) is 20.9 Å². The van der Waals surface area contributed by atoms with E-state index in [2.05, 4.69) is 56.9 Å². The SMILES string of the molecule is CC(C)(C)c1ccc(C#Cc2ccc(C(=O)Cc3ccccc3)s2)cc1. The van der Waals surface area contributed by atoms with Crippen LogP contribution in [0.3, 0.4) is 0 Å². The molecule has 0 amide bonds. The molecule has 3 rings (SSSR count). The Morgan fingerprint density at radius 2 is 1.58 bits per heavy atom. The lowest BCUT2D eigenvalue weighted by Gasteiger charge is -2.18. The normalized spacial score (nSPS) is 10.9. The molecule has 1 aromatic heterocycles. The minimum absolute atomic E-state index is 0.142. The van der Waals surface area contributed by atoms with E-state index in [9.17, 15) is 4.79 Å². The topological polar surface area (TPSA) is 17.1 Å². The Morgan fingerprint density at radius 1 is 0.885 bits per heavy atom. The second-order valence-corrected chi connectivity index (χ2v) is 8.41. The van der Waals surface area contributed by atoms with Gasteiger partial charge in [-0.3, -0.25) is 4.79 Å². The molecule has 2 heteroatoms. The van der Waals surface area contributed by atoms with E-state index < -0.39 is 0 Å². The number of Topliss-reactive ketones (excluding diaryl/α,β-unsaturated/α-hetero) is 1. The molecule has 0 unspecified atom stereocenters. The first kappa shape index (κ1) is 18.2. The highest BCUT2D eigenvalue weighted by atomic mass is 32.1. The number of carbonyl (C=O) groups excluding carboxylic acids is 1. The fourth-order valence-electron chi connectivity index (χ4n) is 2.61. The lowest BCUT2D eigenvalue weighted by Crippen LogP contribution is -2.10. The summed E-state index contributed by atoms with van der Waals surface area (Å²) in [5, 5.41) is 0. The summed E-state index contributed by atoms with van der Waals surface area (Å²) >= 11 is 1.46. The van der Waals surface area contributed by atoms with Crippen LogP contribution >= 0.6 is 11.3 Å². The van der Waals surface area contributed by atoms with Crippen LogP contribution in [0.25, 0.3) is 0 Å². The van der Waals surface area contributed by atoms with Crippen molar-refractivity contribution in [3.8, 4) is 11.8 Å². The van der Waals surface area contributed by atoms with Gasteiger partial charge in [0.1, 0.15) is 0 Å². The fraction of sp³-hybridized carbons (Fsp3) is 0.208. The molecule has 2 aromatic carbocycles. The van der Waals surface area contributed by atoms with Crippen LogP contribution in [0, 0.1) is 11.8 Å². The summed E-state index contributed by atoms with van der Waals surface area (Å²) in [7, 11) is 0. The van der Waals surface area contributed by atoms with Gasteiger partial charge in [-0.25, -0.2) is 0 Å². The van der Waals surface area contributed by atoms with Crippen molar-refractivity contribution >= 4 is 17.1 Å². The monoisotopic (exact) mass is 358 g/mol. The van der Waals surface area contributed by atoms with Crippen molar-refractivity contribution in [3.05, 3.63) is 93.2 Å². The second-order valence-electron chi connectivity index (χ2n) is 7.33. The van der Waals surface area contributed by atoms with E-state index in [0.29, 0.717) is 6.42 Å². The zero-order valence-corrected chi connectivity index (χ0v) is 16.2. The van der Waals surface area contributed by atoms with E-state index in [4.69, 9.17) is 0 Å². The third-order valence-corrected chi connectivity index (χ3v) is 5.21. The molecule has 0 aliphatic heterocycles. The molecule has 0 aliphatic rings. The number of benzene rings is 2. The molecular formula is C24H22OS. The molecule has 0 bridgehead atoms. The van der Waals surface area contributed by atoms with Gasteiger partial charge in [0.15, 0.2) is 5.78 Å². The molecule has 0 fully saturated rings. The summed E-state index contributed by atoms with van der Waals surface area (Å²) in [4.78, 5) is 14.1. The average Bonchev–Trinajstić information content (AvgIpc) is 3.10. The van der Waals surface area contributed by atoms with Crippen LogP contribution in [0.1, 0.15) is 52.0 Å². The first-order chi connectivity index (χ1) is 12.4. The maximum Gasteiger partial charge on any atom is 0.177 e. The van der Waals surface area contributed by atoms with Crippen molar-refractivity contribution < 1.29 is 4.79 Å². The van der Waals surface area contributed by atoms with Gasteiger partial charge in [-0.05, 0) is 40.8 Å². The number of hydrogen-bond donors (Lipinski definition) is 0. The summed E-state index contributed by atoms with van der Waals surface area (Å²) in [5.41, 5.74) is 3.47. The average molecular weight is 359 g/mol. The zero-order chi connectivity index (χ0) is 18.6. The van der Waals surface area contributed by atoms with Crippen molar-refractivity contribution in [3.63, 3.8) is 0 Å². The van der Waals surface area contributed by atoms with Gasteiger partial charge in [-0.2, -0.15) is 0 Å². The lowest BCUT2D eigenvalue weighted by molar-refractivity contribution is 0.0997. The molecule has 0 spiro atoms. The van der Waals surface area contributed by atoms with Crippen molar-refractivity contribution in [1.82, 2.24) is 0 Å². The van der Waals surface area contributed by atoms with E-state index in [-0.39, 0.29) is 11.2 Å². The predicted molar refractivity (Wildman–Crippen MR) is 110 cm³/mol. The van der Waals surface area contributed by atoms with Crippen LogP contribution < -0.4 is 0 Å². The molecule has 3 aromatic rings. The molecular weight excluding hydrogens is 336 g/mol. The third kappa shape index (κ3) is 4.71. The summed E-state index contributed by atoms with van der Waals surface area (Å²) < 4.78 is 0. The number of thiophene rings is 1. The van der Waals surface area contributed by atoms with E-state index in [1.54, 1.807) is 0 Å². The van der Waals surface area contributed by atoms with Gasteiger partial charge in [0.05, 0.1) is 9.75 Å². The summed E-state index contributed by atoms with van der Waals surface area (Å²) in [5.74, 6) is 6.51. The lowest BCUT2D eigenvalue weighted by atomic mass is 9.87. The summed E-state index contributed by atoms with van der Waals surface area (Å²) in [6, 6.07) is 22.0. The highest BCUT2D eigenvalue weighted by molar-refractivity contribution is 7.14. The van der Waals surface area contributed by atoms with E-state index >= 15 is 0 Å². The molecule has 130 valence electrons. The van der Waals surface area contributed by atoms with Gasteiger partial charge in [-0.1, -0.05) is 75.1 Å². The molecule has 0 saturated heterocycles. The van der Waals surface area contributed by atoms with E-state index in [1.165, 1.54) is 16.9 Å².